The van der Waals surface area contributed by atoms with Gasteiger partial charge >= 0.3 is 6.18 Å². The fraction of sp³-hybridized carbons (Fsp3) is 0.231. The number of aromatic nitrogens is 2. The molecule has 0 saturated heterocycles. The molecule has 0 fully saturated rings. The fourth-order valence-corrected chi connectivity index (χ4v) is 1.71. The highest BCUT2D eigenvalue weighted by Crippen LogP contribution is 2.33. The van der Waals surface area contributed by atoms with Crippen molar-refractivity contribution >= 4 is 17.5 Å². The van der Waals surface area contributed by atoms with Crippen LogP contribution in [0.5, 0.6) is 0 Å². The number of halogens is 4. The van der Waals surface area contributed by atoms with Gasteiger partial charge in [-0.05, 0) is 25.1 Å². The Morgan fingerprint density at radius 2 is 1.81 bits per heavy atom. The van der Waals surface area contributed by atoms with E-state index in [4.69, 9.17) is 0 Å². The van der Waals surface area contributed by atoms with Crippen LogP contribution in [-0.4, -0.2) is 17.0 Å². The lowest BCUT2D eigenvalue weighted by Crippen LogP contribution is -2.09. The van der Waals surface area contributed by atoms with Gasteiger partial charge in [0.05, 0.1) is 5.56 Å². The molecule has 0 radical (unpaired) electrons. The van der Waals surface area contributed by atoms with E-state index >= 15 is 0 Å². The molecule has 2 rings (SSSR count). The second kappa shape index (κ2) is 5.55. The molecule has 1 aromatic heterocycles. The van der Waals surface area contributed by atoms with Crippen molar-refractivity contribution in [2.45, 2.75) is 13.1 Å². The number of hydrogen-bond donors (Lipinski definition) is 2. The van der Waals surface area contributed by atoms with Crippen molar-refractivity contribution in [3.63, 3.8) is 0 Å². The van der Waals surface area contributed by atoms with E-state index in [0.29, 0.717) is 23.5 Å². The maximum atomic E-state index is 13.2. The maximum Gasteiger partial charge on any atom is 0.419 e. The topological polar surface area (TPSA) is 49.8 Å². The molecule has 21 heavy (non-hydrogen) atoms. The molecule has 0 saturated carbocycles. The van der Waals surface area contributed by atoms with E-state index in [1.165, 1.54) is 6.07 Å². The summed E-state index contributed by atoms with van der Waals surface area (Å²) in [4.78, 5) is 8.12. The van der Waals surface area contributed by atoms with Gasteiger partial charge in [0.1, 0.15) is 11.6 Å². The summed E-state index contributed by atoms with van der Waals surface area (Å²) in [6.45, 7) is 1.72. The van der Waals surface area contributed by atoms with Gasteiger partial charge in [-0.2, -0.15) is 18.2 Å². The Balaban J connectivity index is 2.34. The number of aryl methyl sites for hydroxylation is 1. The Bertz CT molecular complexity index is 655. The Morgan fingerprint density at radius 3 is 2.43 bits per heavy atom. The average Bonchev–Trinajstić information content (AvgIpc) is 2.39. The summed E-state index contributed by atoms with van der Waals surface area (Å²) in [5.41, 5.74) is -0.606. The summed E-state index contributed by atoms with van der Waals surface area (Å²) < 4.78 is 51.1. The number of alkyl halides is 3. The monoisotopic (exact) mass is 300 g/mol. The molecular weight excluding hydrogens is 288 g/mol. The Kier molecular flexibility index (Phi) is 3.97. The van der Waals surface area contributed by atoms with Crippen molar-refractivity contribution in [3.8, 4) is 0 Å². The van der Waals surface area contributed by atoms with E-state index < -0.39 is 17.6 Å². The lowest BCUT2D eigenvalue weighted by atomic mass is 10.2. The Morgan fingerprint density at radius 1 is 1.10 bits per heavy atom. The van der Waals surface area contributed by atoms with Gasteiger partial charge in [-0.15, -0.1) is 0 Å². The van der Waals surface area contributed by atoms with Crippen molar-refractivity contribution in [1.29, 1.82) is 0 Å². The molecule has 1 aromatic carbocycles. The first-order chi connectivity index (χ1) is 9.79. The standard InChI is InChI=1S/C13H12F4N4/c1-7-5-11(21-12(18-2)19-7)20-8-3-4-10(14)9(6-8)13(15,16)17/h3-6H,1-2H3,(H2,18,19,20,21). The highest BCUT2D eigenvalue weighted by atomic mass is 19.4. The summed E-state index contributed by atoms with van der Waals surface area (Å²) in [6, 6.07) is 4.24. The molecule has 0 atom stereocenters. The molecule has 0 spiro atoms. The van der Waals surface area contributed by atoms with Crippen molar-refractivity contribution in [2.24, 2.45) is 0 Å². The number of hydrogen-bond acceptors (Lipinski definition) is 4. The van der Waals surface area contributed by atoms with E-state index in [0.717, 1.165) is 6.07 Å². The minimum absolute atomic E-state index is 0.0869. The van der Waals surface area contributed by atoms with Gasteiger partial charge in [0.25, 0.3) is 0 Å². The third kappa shape index (κ3) is 3.59. The number of nitrogens with zero attached hydrogens (tertiary/aromatic N) is 2. The average molecular weight is 300 g/mol. The van der Waals surface area contributed by atoms with Crippen LogP contribution in [0.15, 0.2) is 24.3 Å². The van der Waals surface area contributed by atoms with Crippen molar-refractivity contribution < 1.29 is 17.6 Å². The van der Waals surface area contributed by atoms with Crippen LogP contribution in [0.25, 0.3) is 0 Å². The van der Waals surface area contributed by atoms with Crippen LogP contribution < -0.4 is 10.6 Å². The SMILES string of the molecule is CNc1nc(C)cc(Nc2ccc(F)c(C(F)(F)F)c2)n1. The predicted molar refractivity (Wildman–Crippen MR) is 71.0 cm³/mol. The van der Waals surface area contributed by atoms with Gasteiger partial charge in [0.2, 0.25) is 5.95 Å². The molecule has 0 aliphatic carbocycles. The van der Waals surface area contributed by atoms with E-state index in [-0.39, 0.29) is 5.69 Å². The van der Waals surface area contributed by atoms with Gasteiger partial charge < -0.3 is 10.6 Å². The summed E-state index contributed by atoms with van der Waals surface area (Å²) in [7, 11) is 1.62. The zero-order chi connectivity index (χ0) is 15.6. The van der Waals surface area contributed by atoms with Gasteiger partial charge in [-0.25, -0.2) is 9.37 Å². The summed E-state index contributed by atoms with van der Waals surface area (Å²) >= 11 is 0. The molecule has 8 heteroatoms. The molecule has 2 N–H and O–H groups in total. The molecule has 0 bridgehead atoms. The van der Waals surface area contributed by atoms with Crippen LogP contribution in [0.4, 0.5) is 35.0 Å². The summed E-state index contributed by atoms with van der Waals surface area (Å²) in [5, 5.41) is 5.44. The smallest absolute Gasteiger partial charge is 0.357 e. The third-order valence-electron chi connectivity index (χ3n) is 2.62. The van der Waals surface area contributed by atoms with E-state index in [2.05, 4.69) is 20.6 Å². The molecule has 0 amide bonds. The molecule has 2 aromatic rings. The summed E-state index contributed by atoms with van der Waals surface area (Å²) in [6.07, 6.45) is -4.75. The minimum atomic E-state index is -4.75. The zero-order valence-corrected chi connectivity index (χ0v) is 11.2. The fourth-order valence-electron chi connectivity index (χ4n) is 1.71. The number of benzene rings is 1. The summed E-state index contributed by atoms with van der Waals surface area (Å²) in [5.74, 6) is -0.676. The van der Waals surface area contributed by atoms with Crippen molar-refractivity contribution in [1.82, 2.24) is 9.97 Å². The quantitative estimate of drug-likeness (QED) is 0.848. The lowest BCUT2D eigenvalue weighted by molar-refractivity contribution is -0.139. The lowest BCUT2D eigenvalue weighted by Gasteiger charge is -2.12. The number of rotatable bonds is 3. The first kappa shape index (κ1) is 15.0. The highest BCUT2D eigenvalue weighted by molar-refractivity contribution is 5.58. The van der Waals surface area contributed by atoms with Crippen molar-refractivity contribution in [3.05, 3.63) is 41.3 Å². The van der Waals surface area contributed by atoms with Gasteiger partial charge in [-0.3, -0.25) is 0 Å². The Hall–Kier alpha value is -2.38. The largest absolute Gasteiger partial charge is 0.419 e. The van der Waals surface area contributed by atoms with Crippen LogP contribution in [0, 0.1) is 12.7 Å². The molecule has 0 aliphatic heterocycles. The number of anilines is 3. The van der Waals surface area contributed by atoms with E-state index in [1.807, 2.05) is 0 Å². The third-order valence-corrected chi connectivity index (χ3v) is 2.62. The van der Waals surface area contributed by atoms with Gasteiger partial charge in [-0.1, -0.05) is 0 Å². The minimum Gasteiger partial charge on any atom is -0.357 e. The zero-order valence-electron chi connectivity index (χ0n) is 11.2. The van der Waals surface area contributed by atoms with E-state index in [9.17, 15) is 17.6 Å². The second-order valence-corrected chi connectivity index (χ2v) is 4.29. The first-order valence-electron chi connectivity index (χ1n) is 5.97. The molecule has 0 aliphatic rings. The molecule has 112 valence electrons. The highest BCUT2D eigenvalue weighted by Gasteiger charge is 2.34. The molecule has 0 unspecified atom stereocenters. The van der Waals surface area contributed by atoms with Crippen molar-refractivity contribution in [2.75, 3.05) is 17.7 Å². The van der Waals surface area contributed by atoms with E-state index in [1.54, 1.807) is 20.0 Å². The first-order valence-corrected chi connectivity index (χ1v) is 5.97. The van der Waals surface area contributed by atoms with Gasteiger partial charge in [0.15, 0.2) is 0 Å². The van der Waals surface area contributed by atoms with Crippen LogP contribution in [-0.2, 0) is 6.18 Å². The maximum absolute atomic E-state index is 13.2. The number of nitrogens with one attached hydrogen (secondary N) is 2. The van der Waals surface area contributed by atoms with Crippen LogP contribution in [0.1, 0.15) is 11.3 Å². The molecule has 1 heterocycles. The van der Waals surface area contributed by atoms with Crippen LogP contribution in [0.3, 0.4) is 0 Å². The molecular formula is C13H12F4N4. The van der Waals surface area contributed by atoms with Gasteiger partial charge in [0, 0.05) is 24.5 Å². The van der Waals surface area contributed by atoms with Crippen LogP contribution >= 0.6 is 0 Å². The van der Waals surface area contributed by atoms with Crippen LogP contribution in [0.2, 0.25) is 0 Å². The second-order valence-electron chi connectivity index (χ2n) is 4.29. The Labute approximate surface area is 118 Å². The molecule has 4 nitrogen and oxygen atoms in total. The normalized spacial score (nSPS) is 11.3. The predicted octanol–water partition coefficient (Wildman–Crippen LogP) is 3.73.